The largest absolute Gasteiger partial charge is 0.387 e. The second-order valence-electron chi connectivity index (χ2n) is 4.45. The molecule has 100 valence electrons. The minimum absolute atomic E-state index is 0.541. The molecule has 1 aliphatic heterocycles. The lowest BCUT2D eigenvalue weighted by Gasteiger charge is -2.23. The Balaban J connectivity index is 1.99. The molecule has 0 radical (unpaired) electrons. The van der Waals surface area contributed by atoms with Gasteiger partial charge in [-0.2, -0.15) is 11.8 Å². The van der Waals surface area contributed by atoms with Gasteiger partial charge in [0.2, 0.25) is 0 Å². The maximum absolute atomic E-state index is 10.3. The van der Waals surface area contributed by atoms with Crippen LogP contribution in [0.2, 0.25) is 10.0 Å². The number of benzene rings is 1. The van der Waals surface area contributed by atoms with Crippen molar-refractivity contribution in [1.29, 1.82) is 0 Å². The van der Waals surface area contributed by atoms with Crippen molar-refractivity contribution in [2.45, 2.75) is 12.5 Å². The monoisotopic (exact) mass is 305 g/mol. The Bertz CT molecular complexity index is 395. The first-order valence-corrected chi connectivity index (χ1v) is 8.01. The second-order valence-corrected chi connectivity index (χ2v) is 6.52. The van der Waals surface area contributed by atoms with E-state index in [9.17, 15) is 5.11 Å². The summed E-state index contributed by atoms with van der Waals surface area (Å²) in [6.07, 6.45) is 0.643. The fourth-order valence-corrected chi connectivity index (χ4v) is 3.55. The number of thioether (sulfide) groups is 1. The Morgan fingerprint density at radius 1 is 1.28 bits per heavy atom. The van der Waals surface area contributed by atoms with E-state index in [4.69, 9.17) is 23.2 Å². The van der Waals surface area contributed by atoms with Crippen LogP contribution in [0, 0.1) is 0 Å². The van der Waals surface area contributed by atoms with E-state index in [1.165, 1.54) is 12.2 Å². The van der Waals surface area contributed by atoms with E-state index in [-0.39, 0.29) is 0 Å². The van der Waals surface area contributed by atoms with Gasteiger partial charge in [0, 0.05) is 34.5 Å². The lowest BCUT2D eigenvalue weighted by atomic mass is 10.1. The summed E-state index contributed by atoms with van der Waals surface area (Å²) in [6.45, 7) is 2.73. The fourth-order valence-electron chi connectivity index (χ4n) is 2.09. The van der Waals surface area contributed by atoms with Crippen molar-refractivity contribution in [3.8, 4) is 0 Å². The lowest BCUT2D eigenvalue weighted by Crippen LogP contribution is -2.30. The lowest BCUT2D eigenvalue weighted by molar-refractivity contribution is 0.117. The standard InChI is InChI=1S/C13H17Cl2NOS/c14-10-2-3-11(12(15)8-10)13(17)9-16-4-1-6-18-7-5-16/h2-3,8,13,17H,1,4-7,9H2. The first-order chi connectivity index (χ1) is 8.66. The van der Waals surface area contributed by atoms with Crippen molar-refractivity contribution in [3.05, 3.63) is 33.8 Å². The molecule has 0 aliphatic carbocycles. The molecule has 2 rings (SSSR count). The number of β-amino-alcohol motifs (C(OH)–C–C–N with tert-alkyl or cyclic N) is 1. The summed E-state index contributed by atoms with van der Waals surface area (Å²) in [7, 11) is 0. The van der Waals surface area contributed by atoms with E-state index in [1.807, 2.05) is 17.8 Å². The Morgan fingerprint density at radius 3 is 2.89 bits per heavy atom. The average molecular weight is 306 g/mol. The highest BCUT2D eigenvalue weighted by molar-refractivity contribution is 7.99. The molecule has 1 heterocycles. The van der Waals surface area contributed by atoms with Crippen LogP contribution in [0.4, 0.5) is 0 Å². The summed E-state index contributed by atoms with van der Waals surface area (Å²) in [6, 6.07) is 5.26. The van der Waals surface area contributed by atoms with Crippen molar-refractivity contribution in [2.24, 2.45) is 0 Å². The van der Waals surface area contributed by atoms with Crippen molar-refractivity contribution in [3.63, 3.8) is 0 Å². The zero-order valence-electron chi connectivity index (χ0n) is 10.1. The van der Waals surface area contributed by atoms with Crippen LogP contribution in [0.3, 0.4) is 0 Å². The van der Waals surface area contributed by atoms with Crippen molar-refractivity contribution < 1.29 is 5.11 Å². The summed E-state index contributed by atoms with van der Waals surface area (Å²) < 4.78 is 0. The van der Waals surface area contributed by atoms with Crippen LogP contribution < -0.4 is 0 Å². The quantitative estimate of drug-likeness (QED) is 0.925. The number of hydrogen-bond donors (Lipinski definition) is 1. The van der Waals surface area contributed by atoms with Crippen LogP contribution >= 0.6 is 35.0 Å². The maximum Gasteiger partial charge on any atom is 0.0931 e. The SMILES string of the molecule is OC(CN1CCCSCC1)c1ccc(Cl)cc1Cl. The third-order valence-corrected chi connectivity index (χ3v) is 4.68. The molecule has 2 nitrogen and oxygen atoms in total. The van der Waals surface area contributed by atoms with Gasteiger partial charge in [0.15, 0.2) is 0 Å². The number of hydrogen-bond acceptors (Lipinski definition) is 3. The summed E-state index contributed by atoms with van der Waals surface area (Å²) in [5.41, 5.74) is 0.762. The summed E-state index contributed by atoms with van der Waals surface area (Å²) >= 11 is 13.9. The van der Waals surface area contributed by atoms with Crippen LogP contribution in [-0.2, 0) is 0 Å². The van der Waals surface area contributed by atoms with E-state index in [2.05, 4.69) is 4.90 Å². The Morgan fingerprint density at radius 2 is 2.11 bits per heavy atom. The molecule has 1 N–H and O–H groups in total. The van der Waals surface area contributed by atoms with Gasteiger partial charge in [-0.3, -0.25) is 4.90 Å². The molecule has 1 aromatic rings. The maximum atomic E-state index is 10.3. The van der Waals surface area contributed by atoms with Crippen molar-refractivity contribution in [1.82, 2.24) is 4.90 Å². The van der Waals surface area contributed by atoms with Gasteiger partial charge in [0.1, 0.15) is 0 Å². The zero-order valence-corrected chi connectivity index (χ0v) is 12.4. The van der Waals surface area contributed by atoms with E-state index in [0.717, 1.165) is 24.4 Å². The van der Waals surface area contributed by atoms with Gasteiger partial charge in [-0.25, -0.2) is 0 Å². The molecule has 0 amide bonds. The van der Waals surface area contributed by atoms with Crippen LogP contribution in [0.1, 0.15) is 18.1 Å². The molecule has 1 aromatic carbocycles. The van der Waals surface area contributed by atoms with E-state index >= 15 is 0 Å². The number of aliphatic hydroxyl groups is 1. The Labute approximate surface area is 122 Å². The number of nitrogens with zero attached hydrogens (tertiary/aromatic N) is 1. The molecule has 0 saturated carbocycles. The van der Waals surface area contributed by atoms with Crippen molar-refractivity contribution in [2.75, 3.05) is 31.1 Å². The smallest absolute Gasteiger partial charge is 0.0931 e. The van der Waals surface area contributed by atoms with E-state index < -0.39 is 6.10 Å². The molecular formula is C13H17Cl2NOS. The zero-order chi connectivity index (χ0) is 13.0. The van der Waals surface area contributed by atoms with Gasteiger partial charge in [0.05, 0.1) is 6.10 Å². The first kappa shape index (κ1) is 14.5. The first-order valence-electron chi connectivity index (χ1n) is 6.10. The molecule has 1 saturated heterocycles. The molecule has 1 aliphatic rings. The van der Waals surface area contributed by atoms with E-state index in [1.54, 1.807) is 12.1 Å². The molecule has 0 spiro atoms. The van der Waals surface area contributed by atoms with Gasteiger partial charge < -0.3 is 5.11 Å². The van der Waals surface area contributed by atoms with Gasteiger partial charge >= 0.3 is 0 Å². The predicted octanol–water partition coefficient (Wildman–Crippen LogP) is 3.47. The third-order valence-electron chi connectivity index (χ3n) is 3.07. The van der Waals surface area contributed by atoms with Crippen LogP contribution in [0.5, 0.6) is 0 Å². The highest BCUT2D eigenvalue weighted by Gasteiger charge is 2.17. The Hall–Kier alpha value is 0.0700. The van der Waals surface area contributed by atoms with Gasteiger partial charge in [0.25, 0.3) is 0 Å². The highest BCUT2D eigenvalue weighted by atomic mass is 35.5. The predicted molar refractivity (Wildman–Crippen MR) is 79.8 cm³/mol. The molecular weight excluding hydrogens is 289 g/mol. The van der Waals surface area contributed by atoms with Gasteiger partial charge in [-0.1, -0.05) is 29.3 Å². The third kappa shape index (κ3) is 4.04. The average Bonchev–Trinajstić information content (AvgIpc) is 2.57. The minimum atomic E-state index is -0.544. The fraction of sp³-hybridized carbons (Fsp3) is 0.538. The van der Waals surface area contributed by atoms with Gasteiger partial charge in [-0.15, -0.1) is 0 Å². The minimum Gasteiger partial charge on any atom is -0.387 e. The molecule has 1 unspecified atom stereocenters. The number of rotatable bonds is 3. The highest BCUT2D eigenvalue weighted by Crippen LogP contribution is 2.27. The van der Waals surface area contributed by atoms with Crippen molar-refractivity contribution >= 4 is 35.0 Å². The number of halogens is 2. The van der Waals surface area contributed by atoms with E-state index in [0.29, 0.717) is 16.6 Å². The molecule has 1 atom stereocenters. The van der Waals surface area contributed by atoms with Crippen LogP contribution in [-0.4, -0.2) is 41.1 Å². The Kier molecular flexibility index (Phi) is 5.64. The molecule has 0 bridgehead atoms. The normalized spacial score (nSPS) is 19.5. The number of aliphatic hydroxyl groups excluding tert-OH is 1. The second kappa shape index (κ2) is 7.01. The van der Waals surface area contributed by atoms with Crippen LogP contribution in [0.15, 0.2) is 18.2 Å². The summed E-state index contributed by atoms with van der Waals surface area (Å²) in [4.78, 5) is 2.30. The van der Waals surface area contributed by atoms with Gasteiger partial charge in [-0.05, 0) is 30.9 Å². The van der Waals surface area contributed by atoms with Crippen LogP contribution in [0.25, 0.3) is 0 Å². The topological polar surface area (TPSA) is 23.5 Å². The molecule has 0 aromatic heterocycles. The summed E-state index contributed by atoms with van der Waals surface area (Å²) in [5.74, 6) is 2.36. The molecule has 1 fully saturated rings. The summed E-state index contributed by atoms with van der Waals surface area (Å²) in [5, 5.41) is 11.4. The molecule has 5 heteroatoms. The molecule has 18 heavy (non-hydrogen) atoms.